The molecule has 1 fully saturated rings. The van der Waals surface area contributed by atoms with E-state index >= 15 is 0 Å². The van der Waals surface area contributed by atoms with Gasteiger partial charge < -0.3 is 9.47 Å². The van der Waals surface area contributed by atoms with E-state index < -0.39 is 5.82 Å². The van der Waals surface area contributed by atoms with Gasteiger partial charge in [0.2, 0.25) is 0 Å². The van der Waals surface area contributed by atoms with Crippen LogP contribution in [0.15, 0.2) is 67.1 Å². The van der Waals surface area contributed by atoms with Gasteiger partial charge in [-0.1, -0.05) is 25.1 Å². The van der Waals surface area contributed by atoms with Crippen LogP contribution in [-0.4, -0.2) is 39.6 Å². The first-order valence-corrected chi connectivity index (χ1v) is 12.4. The summed E-state index contributed by atoms with van der Waals surface area (Å²) >= 11 is 1.72. The number of benzene rings is 2. The lowest BCUT2D eigenvalue weighted by atomic mass is 10.1. The summed E-state index contributed by atoms with van der Waals surface area (Å²) in [6.45, 7) is 5.93. The molecule has 35 heavy (non-hydrogen) atoms. The van der Waals surface area contributed by atoms with Gasteiger partial charge in [-0.05, 0) is 48.4 Å². The van der Waals surface area contributed by atoms with Gasteiger partial charge in [-0.3, -0.25) is 14.3 Å². The second kappa shape index (κ2) is 10.0. The van der Waals surface area contributed by atoms with Gasteiger partial charge >= 0.3 is 5.97 Å². The van der Waals surface area contributed by atoms with Gasteiger partial charge in [0.05, 0.1) is 5.69 Å². The standard InChI is InChI=1S/C27H26FN3O3S/c1-3-19-11-23(15-30-13-22(14-30)33-18(2)32)35-27(19)31-16-25(29-17-31)20-9-10-26(24(28)12-20)34-21-7-5-4-6-8-21/h4-12,16-17,22H,3,13-15H2,1-2H3. The minimum atomic E-state index is -0.435. The van der Waals surface area contributed by atoms with Crippen molar-refractivity contribution in [1.29, 1.82) is 0 Å². The lowest BCUT2D eigenvalue weighted by Gasteiger charge is -2.37. The summed E-state index contributed by atoms with van der Waals surface area (Å²) in [7, 11) is 0. The molecule has 2 aromatic heterocycles. The number of hydrogen-bond acceptors (Lipinski definition) is 6. The summed E-state index contributed by atoms with van der Waals surface area (Å²) in [5, 5.41) is 1.11. The molecule has 4 aromatic rings. The topological polar surface area (TPSA) is 56.6 Å². The number of likely N-dealkylation sites (tertiary alicyclic amines) is 1. The minimum Gasteiger partial charge on any atom is -0.460 e. The Morgan fingerprint density at radius 1 is 1.17 bits per heavy atom. The second-order valence-electron chi connectivity index (χ2n) is 8.55. The van der Waals surface area contributed by atoms with E-state index in [0.717, 1.165) is 31.1 Å². The van der Waals surface area contributed by atoms with Gasteiger partial charge in [-0.15, -0.1) is 11.3 Å². The molecule has 1 saturated heterocycles. The Balaban J connectivity index is 1.29. The number of imidazole rings is 1. The normalized spacial score (nSPS) is 14.0. The zero-order valence-electron chi connectivity index (χ0n) is 19.6. The Bertz CT molecular complexity index is 1330. The van der Waals surface area contributed by atoms with E-state index in [1.165, 1.54) is 23.4 Å². The van der Waals surface area contributed by atoms with Crippen LogP contribution in [-0.2, 0) is 22.5 Å². The van der Waals surface area contributed by atoms with Crippen LogP contribution in [0.3, 0.4) is 0 Å². The molecule has 0 unspecified atom stereocenters. The molecule has 0 aliphatic carbocycles. The van der Waals surface area contributed by atoms with Crippen LogP contribution in [0.2, 0.25) is 0 Å². The lowest BCUT2D eigenvalue weighted by molar-refractivity contribution is -0.155. The lowest BCUT2D eigenvalue weighted by Crippen LogP contribution is -2.51. The van der Waals surface area contributed by atoms with Crippen LogP contribution in [0, 0.1) is 5.82 Å². The van der Waals surface area contributed by atoms with Gasteiger partial charge in [-0.25, -0.2) is 9.37 Å². The number of thiophene rings is 1. The number of aromatic nitrogens is 2. The van der Waals surface area contributed by atoms with Crippen molar-refractivity contribution >= 4 is 17.3 Å². The van der Waals surface area contributed by atoms with Crippen molar-refractivity contribution < 1.29 is 18.7 Å². The summed E-state index contributed by atoms with van der Waals surface area (Å²) in [5.74, 6) is 0.104. The highest BCUT2D eigenvalue weighted by atomic mass is 32.1. The number of hydrogen-bond donors (Lipinski definition) is 0. The Labute approximate surface area is 207 Å². The van der Waals surface area contributed by atoms with E-state index in [4.69, 9.17) is 9.47 Å². The molecule has 0 amide bonds. The van der Waals surface area contributed by atoms with Crippen LogP contribution in [0.4, 0.5) is 4.39 Å². The zero-order valence-corrected chi connectivity index (χ0v) is 20.4. The third kappa shape index (κ3) is 5.28. The number of nitrogens with zero attached hydrogens (tertiary/aromatic N) is 3. The number of rotatable bonds is 8. The largest absolute Gasteiger partial charge is 0.460 e. The highest BCUT2D eigenvalue weighted by Crippen LogP contribution is 2.32. The minimum absolute atomic E-state index is 0.00124. The Morgan fingerprint density at radius 3 is 2.69 bits per heavy atom. The van der Waals surface area contributed by atoms with Crippen molar-refractivity contribution in [1.82, 2.24) is 14.5 Å². The first kappa shape index (κ1) is 23.3. The molecule has 0 saturated carbocycles. The third-order valence-electron chi connectivity index (χ3n) is 5.87. The van der Waals surface area contributed by atoms with Crippen LogP contribution in [0.25, 0.3) is 16.3 Å². The summed E-state index contributed by atoms with van der Waals surface area (Å²) < 4.78 is 27.6. The first-order valence-electron chi connectivity index (χ1n) is 11.6. The Kier molecular flexibility index (Phi) is 6.66. The van der Waals surface area contributed by atoms with Crippen molar-refractivity contribution in [3.05, 3.63) is 83.4 Å². The molecule has 0 spiro atoms. The smallest absolute Gasteiger partial charge is 0.302 e. The molecule has 0 radical (unpaired) electrons. The predicted octanol–water partition coefficient (Wildman–Crippen LogP) is 5.84. The fourth-order valence-corrected chi connectivity index (χ4v) is 5.38. The Morgan fingerprint density at radius 2 is 1.97 bits per heavy atom. The summed E-state index contributed by atoms with van der Waals surface area (Å²) in [6.07, 6.45) is 4.60. The molecule has 2 aromatic carbocycles. The van der Waals surface area contributed by atoms with Crippen LogP contribution in [0.1, 0.15) is 24.3 Å². The molecule has 8 heteroatoms. The van der Waals surface area contributed by atoms with Gasteiger partial charge in [0.15, 0.2) is 11.6 Å². The molecular formula is C27H26FN3O3S. The quantitative estimate of drug-likeness (QED) is 0.290. The van der Waals surface area contributed by atoms with Crippen LogP contribution in [0.5, 0.6) is 11.5 Å². The SMILES string of the molecule is CCc1cc(CN2CC(OC(C)=O)C2)sc1-n1cnc(-c2ccc(Oc3ccccc3)c(F)c2)c1. The zero-order chi connectivity index (χ0) is 24.4. The van der Waals surface area contributed by atoms with Crippen LogP contribution < -0.4 is 4.74 Å². The van der Waals surface area contributed by atoms with Crippen molar-refractivity contribution in [2.24, 2.45) is 0 Å². The molecule has 5 rings (SSSR count). The van der Waals surface area contributed by atoms with Crippen molar-refractivity contribution in [3.8, 4) is 27.8 Å². The number of halogens is 1. The number of carbonyl (C=O) groups excluding carboxylic acids is 1. The van der Waals surface area contributed by atoms with Crippen molar-refractivity contribution in [2.45, 2.75) is 32.9 Å². The van der Waals surface area contributed by atoms with E-state index in [2.05, 4.69) is 22.9 Å². The monoisotopic (exact) mass is 491 g/mol. The number of esters is 1. The molecule has 1 aliphatic rings. The summed E-state index contributed by atoms with van der Waals surface area (Å²) in [6, 6.07) is 16.3. The van der Waals surface area contributed by atoms with Crippen molar-refractivity contribution in [3.63, 3.8) is 0 Å². The predicted molar refractivity (Wildman–Crippen MR) is 134 cm³/mol. The molecule has 6 nitrogen and oxygen atoms in total. The molecular weight excluding hydrogens is 465 g/mol. The number of para-hydroxylation sites is 1. The van der Waals surface area contributed by atoms with Crippen LogP contribution >= 0.6 is 11.3 Å². The third-order valence-corrected chi connectivity index (χ3v) is 7.05. The number of ether oxygens (including phenoxy) is 2. The van der Waals surface area contributed by atoms with E-state index in [0.29, 0.717) is 17.0 Å². The van der Waals surface area contributed by atoms with E-state index in [9.17, 15) is 9.18 Å². The average molecular weight is 492 g/mol. The van der Waals surface area contributed by atoms with E-state index in [1.807, 2.05) is 35.0 Å². The molecule has 0 atom stereocenters. The highest BCUT2D eigenvalue weighted by Gasteiger charge is 2.29. The van der Waals surface area contributed by atoms with Gasteiger partial charge in [0, 0.05) is 43.2 Å². The average Bonchev–Trinajstić information content (AvgIpc) is 3.46. The second-order valence-corrected chi connectivity index (χ2v) is 9.66. The molecule has 0 bridgehead atoms. The van der Waals surface area contributed by atoms with E-state index in [1.54, 1.807) is 35.9 Å². The Hall–Kier alpha value is -3.49. The van der Waals surface area contributed by atoms with Gasteiger partial charge in [-0.2, -0.15) is 0 Å². The van der Waals surface area contributed by atoms with E-state index in [-0.39, 0.29) is 17.8 Å². The van der Waals surface area contributed by atoms with Crippen molar-refractivity contribution in [2.75, 3.05) is 13.1 Å². The highest BCUT2D eigenvalue weighted by molar-refractivity contribution is 7.14. The molecule has 180 valence electrons. The molecule has 3 heterocycles. The fraction of sp³-hybridized carbons (Fsp3) is 0.259. The first-order chi connectivity index (χ1) is 17.0. The molecule has 1 aliphatic heterocycles. The number of carbonyl (C=O) groups is 1. The maximum Gasteiger partial charge on any atom is 0.302 e. The maximum atomic E-state index is 14.7. The van der Waals surface area contributed by atoms with Gasteiger partial charge in [0.25, 0.3) is 0 Å². The number of aryl methyl sites for hydroxylation is 1. The van der Waals surface area contributed by atoms with Gasteiger partial charge in [0.1, 0.15) is 23.2 Å². The molecule has 0 N–H and O–H groups in total. The summed E-state index contributed by atoms with van der Waals surface area (Å²) in [4.78, 5) is 19.1. The fourth-order valence-electron chi connectivity index (χ4n) is 4.15. The summed E-state index contributed by atoms with van der Waals surface area (Å²) in [5.41, 5.74) is 2.62. The maximum absolute atomic E-state index is 14.7.